The van der Waals surface area contributed by atoms with E-state index in [0.29, 0.717) is 6.61 Å². The molecule has 5 heteroatoms. The third-order valence-electron chi connectivity index (χ3n) is 2.20. The average Bonchev–Trinajstić information content (AvgIpc) is 2.67. The van der Waals surface area contributed by atoms with Crippen LogP contribution in [0.1, 0.15) is 6.42 Å². The molecule has 1 aromatic rings. The number of cyclic esters (lactones) is 2. The molecule has 86 valence electrons. The molecule has 1 atom stereocenters. The van der Waals surface area contributed by atoms with Crippen molar-refractivity contribution in [3.05, 3.63) is 24.3 Å². The van der Waals surface area contributed by atoms with Crippen LogP contribution in [0.4, 0.5) is 4.79 Å². The molecule has 0 amide bonds. The Balaban J connectivity index is 1.72. The van der Waals surface area contributed by atoms with Crippen molar-refractivity contribution in [1.29, 1.82) is 0 Å². The highest BCUT2D eigenvalue weighted by Crippen LogP contribution is 2.23. The van der Waals surface area contributed by atoms with Gasteiger partial charge in [0, 0.05) is 10.6 Å². The summed E-state index contributed by atoms with van der Waals surface area (Å²) < 4.78 is 9.58. The van der Waals surface area contributed by atoms with E-state index < -0.39 is 6.16 Å². The smallest absolute Gasteiger partial charge is 0.508 e. The van der Waals surface area contributed by atoms with Gasteiger partial charge in [-0.2, -0.15) is 0 Å². The SMILES string of the molecule is O=C1OCC(CCSc2ccc(O)cc2)O1. The fraction of sp³-hybridized carbons (Fsp3) is 0.364. The second kappa shape index (κ2) is 5.12. The molecule has 0 bridgehead atoms. The maximum Gasteiger partial charge on any atom is 0.508 e. The Hall–Kier alpha value is -1.36. The molecule has 1 fully saturated rings. The van der Waals surface area contributed by atoms with Gasteiger partial charge in [-0.1, -0.05) is 0 Å². The molecule has 0 spiro atoms. The number of phenolic OH excluding ortho intramolecular Hbond substituents is 1. The molecule has 1 aliphatic heterocycles. The fourth-order valence-corrected chi connectivity index (χ4v) is 2.30. The maximum atomic E-state index is 10.6. The molecular formula is C11H12O4S. The van der Waals surface area contributed by atoms with E-state index in [1.807, 2.05) is 12.1 Å². The van der Waals surface area contributed by atoms with Crippen molar-refractivity contribution >= 4 is 17.9 Å². The minimum atomic E-state index is -0.570. The van der Waals surface area contributed by atoms with Gasteiger partial charge in [0.25, 0.3) is 0 Å². The van der Waals surface area contributed by atoms with Gasteiger partial charge in [0.2, 0.25) is 0 Å². The van der Waals surface area contributed by atoms with Crippen LogP contribution in [0.5, 0.6) is 5.75 Å². The Kier molecular flexibility index (Phi) is 3.56. The van der Waals surface area contributed by atoms with Gasteiger partial charge in [0.05, 0.1) is 0 Å². The normalized spacial score (nSPS) is 19.2. The first-order chi connectivity index (χ1) is 7.74. The summed E-state index contributed by atoms with van der Waals surface area (Å²) in [7, 11) is 0. The first-order valence-corrected chi connectivity index (χ1v) is 5.98. The van der Waals surface area contributed by atoms with Crippen molar-refractivity contribution in [2.45, 2.75) is 17.4 Å². The zero-order valence-electron chi connectivity index (χ0n) is 8.59. The Bertz CT molecular complexity index is 363. The molecule has 1 aliphatic rings. The molecule has 1 unspecified atom stereocenters. The van der Waals surface area contributed by atoms with Crippen LogP contribution in [-0.2, 0) is 9.47 Å². The molecular weight excluding hydrogens is 228 g/mol. The van der Waals surface area contributed by atoms with Crippen LogP contribution in [-0.4, -0.2) is 29.7 Å². The van der Waals surface area contributed by atoms with Gasteiger partial charge < -0.3 is 14.6 Å². The van der Waals surface area contributed by atoms with Crippen molar-refractivity contribution in [2.24, 2.45) is 0 Å². The Labute approximate surface area is 97.6 Å². The van der Waals surface area contributed by atoms with E-state index in [-0.39, 0.29) is 11.9 Å². The number of thioether (sulfide) groups is 1. The lowest BCUT2D eigenvalue weighted by Crippen LogP contribution is -2.10. The van der Waals surface area contributed by atoms with Crippen LogP contribution in [0.25, 0.3) is 0 Å². The topological polar surface area (TPSA) is 55.8 Å². The summed E-state index contributed by atoms with van der Waals surface area (Å²) in [5, 5.41) is 9.10. The zero-order chi connectivity index (χ0) is 11.4. The van der Waals surface area contributed by atoms with Gasteiger partial charge in [0.15, 0.2) is 0 Å². The molecule has 1 heterocycles. The minimum absolute atomic E-state index is 0.114. The highest BCUT2D eigenvalue weighted by molar-refractivity contribution is 7.99. The van der Waals surface area contributed by atoms with E-state index in [1.165, 1.54) is 0 Å². The summed E-state index contributed by atoms with van der Waals surface area (Å²) in [5.74, 6) is 1.12. The summed E-state index contributed by atoms with van der Waals surface area (Å²) in [5.41, 5.74) is 0. The van der Waals surface area contributed by atoms with Crippen LogP contribution in [0.3, 0.4) is 0 Å². The lowest BCUT2D eigenvalue weighted by molar-refractivity contribution is 0.117. The quantitative estimate of drug-likeness (QED) is 0.647. The highest BCUT2D eigenvalue weighted by atomic mass is 32.2. The van der Waals surface area contributed by atoms with Crippen molar-refractivity contribution in [2.75, 3.05) is 12.4 Å². The number of aromatic hydroxyl groups is 1. The summed E-state index contributed by atoms with van der Waals surface area (Å²) in [6, 6.07) is 7.02. The van der Waals surface area contributed by atoms with E-state index in [2.05, 4.69) is 4.74 Å². The zero-order valence-corrected chi connectivity index (χ0v) is 9.40. The molecule has 2 rings (SSSR count). The number of phenols is 1. The molecule has 1 saturated heterocycles. The first kappa shape index (κ1) is 11.1. The summed E-state index contributed by atoms with van der Waals surface area (Å²) in [6.07, 6.45) is 0.0915. The van der Waals surface area contributed by atoms with Crippen LogP contribution in [0.2, 0.25) is 0 Å². The van der Waals surface area contributed by atoms with E-state index in [9.17, 15) is 4.79 Å². The van der Waals surface area contributed by atoms with Crippen LogP contribution in [0.15, 0.2) is 29.2 Å². The summed E-state index contributed by atoms with van der Waals surface area (Å²) in [4.78, 5) is 11.7. The van der Waals surface area contributed by atoms with Gasteiger partial charge in [-0.3, -0.25) is 0 Å². The van der Waals surface area contributed by atoms with E-state index in [0.717, 1.165) is 17.1 Å². The molecule has 16 heavy (non-hydrogen) atoms. The molecule has 0 radical (unpaired) electrons. The number of carbonyl (C=O) groups excluding carboxylic acids is 1. The van der Waals surface area contributed by atoms with Gasteiger partial charge in [-0.05, 0) is 30.7 Å². The van der Waals surface area contributed by atoms with Crippen LogP contribution >= 0.6 is 11.8 Å². The predicted molar refractivity (Wildman–Crippen MR) is 59.7 cm³/mol. The highest BCUT2D eigenvalue weighted by Gasteiger charge is 2.24. The van der Waals surface area contributed by atoms with E-state index in [1.54, 1.807) is 23.9 Å². The molecule has 1 aromatic carbocycles. The Morgan fingerprint density at radius 1 is 1.38 bits per heavy atom. The molecule has 0 aliphatic carbocycles. The number of rotatable bonds is 4. The predicted octanol–water partition coefficient (Wildman–Crippen LogP) is 2.41. The summed E-state index contributed by atoms with van der Waals surface area (Å²) in [6.45, 7) is 0.356. The standard InChI is InChI=1S/C11H12O4S/c12-8-1-3-10(4-2-8)16-6-5-9-7-14-11(13)15-9/h1-4,9,12H,5-7H2. The van der Waals surface area contributed by atoms with Gasteiger partial charge in [0.1, 0.15) is 18.5 Å². The van der Waals surface area contributed by atoms with Crippen LogP contribution in [0, 0.1) is 0 Å². The number of ether oxygens (including phenoxy) is 2. The molecule has 4 nitrogen and oxygen atoms in total. The number of hydrogen-bond donors (Lipinski definition) is 1. The van der Waals surface area contributed by atoms with Gasteiger partial charge in [-0.25, -0.2) is 4.79 Å². The minimum Gasteiger partial charge on any atom is -0.508 e. The largest absolute Gasteiger partial charge is 0.508 e. The second-order valence-electron chi connectivity index (χ2n) is 3.43. The average molecular weight is 240 g/mol. The monoisotopic (exact) mass is 240 g/mol. The number of benzene rings is 1. The third-order valence-corrected chi connectivity index (χ3v) is 3.24. The molecule has 0 aromatic heterocycles. The third kappa shape index (κ3) is 3.06. The van der Waals surface area contributed by atoms with Crippen molar-refractivity contribution < 1.29 is 19.4 Å². The number of hydrogen-bond acceptors (Lipinski definition) is 5. The lowest BCUT2D eigenvalue weighted by Gasteiger charge is -2.05. The van der Waals surface area contributed by atoms with Gasteiger partial charge in [-0.15, -0.1) is 11.8 Å². The van der Waals surface area contributed by atoms with Crippen LogP contribution < -0.4 is 0 Å². The van der Waals surface area contributed by atoms with Crippen molar-refractivity contribution in [3.8, 4) is 5.75 Å². The Morgan fingerprint density at radius 2 is 2.12 bits per heavy atom. The first-order valence-electron chi connectivity index (χ1n) is 4.99. The lowest BCUT2D eigenvalue weighted by atomic mass is 10.3. The maximum absolute atomic E-state index is 10.6. The second-order valence-corrected chi connectivity index (χ2v) is 4.60. The molecule has 1 N–H and O–H groups in total. The number of carbonyl (C=O) groups is 1. The van der Waals surface area contributed by atoms with Crippen molar-refractivity contribution in [1.82, 2.24) is 0 Å². The van der Waals surface area contributed by atoms with Crippen molar-refractivity contribution in [3.63, 3.8) is 0 Å². The molecule has 0 saturated carbocycles. The fourth-order valence-electron chi connectivity index (χ4n) is 1.36. The Morgan fingerprint density at radius 3 is 2.75 bits per heavy atom. The summed E-state index contributed by atoms with van der Waals surface area (Å²) >= 11 is 1.66. The van der Waals surface area contributed by atoms with Gasteiger partial charge >= 0.3 is 6.16 Å². The van der Waals surface area contributed by atoms with E-state index >= 15 is 0 Å². The van der Waals surface area contributed by atoms with E-state index in [4.69, 9.17) is 9.84 Å².